The molecule has 0 heterocycles. The molecule has 0 amide bonds. The van der Waals surface area contributed by atoms with Gasteiger partial charge in [-0.15, -0.1) is 0 Å². The van der Waals surface area contributed by atoms with Crippen molar-refractivity contribution in [1.82, 2.24) is 0 Å². The molecule has 0 aromatic heterocycles. The molecule has 0 spiro atoms. The lowest BCUT2D eigenvalue weighted by atomic mass is 10.1. The van der Waals surface area contributed by atoms with Gasteiger partial charge >= 0.3 is 5.97 Å². The third kappa shape index (κ3) is 6.39. The summed E-state index contributed by atoms with van der Waals surface area (Å²) in [6.45, 7) is 4.20. The first-order valence-electron chi connectivity index (χ1n) is 7.05. The lowest BCUT2D eigenvalue weighted by molar-refractivity contribution is 0.0233. The number of esters is 1. The first kappa shape index (κ1) is 15.7. The molecule has 0 saturated carbocycles. The molecule has 0 aliphatic carbocycles. The Hall–Kier alpha value is -1.35. The van der Waals surface area contributed by atoms with Crippen molar-refractivity contribution in [3.05, 3.63) is 35.4 Å². The summed E-state index contributed by atoms with van der Waals surface area (Å²) in [6.07, 6.45) is 4.62. The largest absolute Gasteiger partial charge is 0.459 e. The fourth-order valence-corrected chi connectivity index (χ4v) is 1.83. The average molecular weight is 264 g/mol. The Labute approximate surface area is 115 Å². The van der Waals surface area contributed by atoms with E-state index in [-0.39, 0.29) is 12.6 Å². The Bertz CT molecular complexity index is 370. The molecule has 0 bridgehead atoms. The molecule has 1 atom stereocenters. The molecule has 1 aromatic rings. The van der Waals surface area contributed by atoms with Crippen molar-refractivity contribution in [3.63, 3.8) is 0 Å². The van der Waals surface area contributed by atoms with E-state index in [2.05, 4.69) is 6.92 Å². The van der Waals surface area contributed by atoms with E-state index in [1.165, 1.54) is 12.8 Å². The third-order valence-electron chi connectivity index (χ3n) is 3.08. The summed E-state index contributed by atoms with van der Waals surface area (Å²) in [5.74, 6) is -0.368. The second kappa shape index (κ2) is 8.70. The number of aliphatic hydroxyl groups is 1. The van der Waals surface area contributed by atoms with E-state index in [1.807, 2.05) is 19.1 Å². The van der Waals surface area contributed by atoms with Gasteiger partial charge in [0.15, 0.2) is 0 Å². The van der Waals surface area contributed by atoms with Crippen molar-refractivity contribution < 1.29 is 14.6 Å². The molecule has 0 saturated heterocycles. The molecule has 1 N–H and O–H groups in total. The van der Waals surface area contributed by atoms with Gasteiger partial charge in [-0.3, -0.25) is 0 Å². The average Bonchev–Trinajstić information content (AvgIpc) is 2.42. The van der Waals surface area contributed by atoms with Crippen LogP contribution in [0.3, 0.4) is 0 Å². The van der Waals surface area contributed by atoms with Crippen molar-refractivity contribution >= 4 is 5.97 Å². The van der Waals surface area contributed by atoms with Crippen molar-refractivity contribution in [2.75, 3.05) is 6.61 Å². The number of carbonyl (C=O) groups is 1. The van der Waals surface area contributed by atoms with Crippen LogP contribution in [-0.2, 0) is 4.74 Å². The molecule has 3 heteroatoms. The van der Waals surface area contributed by atoms with Crippen LogP contribution in [0.25, 0.3) is 0 Å². The van der Waals surface area contributed by atoms with E-state index in [0.29, 0.717) is 12.0 Å². The van der Waals surface area contributed by atoms with Crippen LogP contribution in [0, 0.1) is 6.92 Å². The molecule has 1 rings (SSSR count). The summed E-state index contributed by atoms with van der Waals surface area (Å²) >= 11 is 0. The Kier molecular flexibility index (Phi) is 7.19. The molecular formula is C16H24O3. The van der Waals surface area contributed by atoms with Crippen molar-refractivity contribution in [3.8, 4) is 0 Å². The quantitative estimate of drug-likeness (QED) is 0.577. The number of ether oxygens (including phenoxy) is 1. The van der Waals surface area contributed by atoms with Crippen LogP contribution in [0.1, 0.15) is 54.9 Å². The number of hydrogen-bond donors (Lipinski definition) is 1. The number of carbonyl (C=O) groups excluding carboxylic acids is 1. The van der Waals surface area contributed by atoms with Gasteiger partial charge in [-0.25, -0.2) is 4.79 Å². The van der Waals surface area contributed by atoms with E-state index in [9.17, 15) is 9.90 Å². The summed E-state index contributed by atoms with van der Waals surface area (Å²) in [6, 6.07) is 7.23. The third-order valence-corrected chi connectivity index (χ3v) is 3.08. The smallest absolute Gasteiger partial charge is 0.338 e. The summed E-state index contributed by atoms with van der Waals surface area (Å²) in [5, 5.41) is 9.71. The van der Waals surface area contributed by atoms with Gasteiger partial charge in [0.1, 0.15) is 6.61 Å². The van der Waals surface area contributed by atoms with Gasteiger partial charge in [0.25, 0.3) is 0 Å². The van der Waals surface area contributed by atoms with Crippen LogP contribution in [0.2, 0.25) is 0 Å². The van der Waals surface area contributed by atoms with Gasteiger partial charge in [0.05, 0.1) is 11.7 Å². The zero-order valence-corrected chi connectivity index (χ0v) is 11.9. The Morgan fingerprint density at radius 2 is 1.89 bits per heavy atom. The van der Waals surface area contributed by atoms with E-state index in [0.717, 1.165) is 18.4 Å². The highest BCUT2D eigenvalue weighted by molar-refractivity contribution is 5.89. The first-order valence-corrected chi connectivity index (χ1v) is 7.05. The highest BCUT2D eigenvalue weighted by Crippen LogP contribution is 2.08. The van der Waals surface area contributed by atoms with Crippen molar-refractivity contribution in [2.24, 2.45) is 0 Å². The number of rotatable bonds is 8. The summed E-state index contributed by atoms with van der Waals surface area (Å²) in [5.41, 5.74) is 1.64. The number of aliphatic hydroxyl groups excluding tert-OH is 1. The maximum Gasteiger partial charge on any atom is 0.338 e. The number of aryl methyl sites for hydroxylation is 1. The van der Waals surface area contributed by atoms with Gasteiger partial charge in [-0.1, -0.05) is 50.3 Å². The predicted octanol–water partition coefficient (Wildman–Crippen LogP) is 3.48. The zero-order valence-electron chi connectivity index (χ0n) is 11.9. The lowest BCUT2D eigenvalue weighted by Gasteiger charge is -2.11. The van der Waals surface area contributed by atoms with Crippen molar-refractivity contribution in [1.29, 1.82) is 0 Å². The Morgan fingerprint density at radius 3 is 2.53 bits per heavy atom. The molecule has 0 aliphatic rings. The van der Waals surface area contributed by atoms with Gasteiger partial charge < -0.3 is 9.84 Å². The molecule has 19 heavy (non-hydrogen) atoms. The molecule has 0 aliphatic heterocycles. The fraction of sp³-hybridized carbons (Fsp3) is 0.562. The predicted molar refractivity (Wildman–Crippen MR) is 76.2 cm³/mol. The minimum atomic E-state index is -0.550. The van der Waals surface area contributed by atoms with Crippen LogP contribution in [-0.4, -0.2) is 23.8 Å². The van der Waals surface area contributed by atoms with Crippen LogP contribution < -0.4 is 0 Å². The molecular weight excluding hydrogens is 240 g/mol. The van der Waals surface area contributed by atoms with Gasteiger partial charge in [0.2, 0.25) is 0 Å². The van der Waals surface area contributed by atoms with Crippen LogP contribution in [0.5, 0.6) is 0 Å². The summed E-state index contributed by atoms with van der Waals surface area (Å²) in [4.78, 5) is 11.7. The minimum Gasteiger partial charge on any atom is -0.459 e. The first-order chi connectivity index (χ1) is 9.13. The van der Waals surface area contributed by atoms with E-state index >= 15 is 0 Å². The molecule has 0 radical (unpaired) electrons. The van der Waals surface area contributed by atoms with E-state index in [1.54, 1.807) is 12.1 Å². The second-order valence-electron chi connectivity index (χ2n) is 4.97. The van der Waals surface area contributed by atoms with Crippen LogP contribution >= 0.6 is 0 Å². The van der Waals surface area contributed by atoms with Crippen LogP contribution in [0.15, 0.2) is 24.3 Å². The standard InChI is InChI=1S/C16H24O3/c1-3-4-5-6-7-15(17)12-19-16(18)14-10-8-13(2)9-11-14/h8-11,15,17H,3-7,12H2,1-2H3. The van der Waals surface area contributed by atoms with Gasteiger partial charge in [0, 0.05) is 0 Å². The Balaban J connectivity index is 2.24. The monoisotopic (exact) mass is 264 g/mol. The highest BCUT2D eigenvalue weighted by Gasteiger charge is 2.10. The van der Waals surface area contributed by atoms with E-state index in [4.69, 9.17) is 4.74 Å². The summed E-state index contributed by atoms with van der Waals surface area (Å²) < 4.78 is 5.10. The maximum atomic E-state index is 11.7. The summed E-state index contributed by atoms with van der Waals surface area (Å²) in [7, 11) is 0. The number of unbranched alkanes of at least 4 members (excludes halogenated alkanes) is 3. The Morgan fingerprint density at radius 1 is 1.21 bits per heavy atom. The zero-order chi connectivity index (χ0) is 14.1. The highest BCUT2D eigenvalue weighted by atomic mass is 16.5. The maximum absolute atomic E-state index is 11.7. The molecule has 0 fully saturated rings. The molecule has 106 valence electrons. The molecule has 3 nitrogen and oxygen atoms in total. The SMILES string of the molecule is CCCCCCC(O)COC(=O)c1ccc(C)cc1. The van der Waals surface area contributed by atoms with Crippen molar-refractivity contribution in [2.45, 2.75) is 52.1 Å². The molecule has 1 unspecified atom stereocenters. The normalized spacial score (nSPS) is 12.2. The van der Waals surface area contributed by atoms with Gasteiger partial charge in [-0.2, -0.15) is 0 Å². The number of benzene rings is 1. The second-order valence-corrected chi connectivity index (χ2v) is 4.97. The van der Waals surface area contributed by atoms with E-state index < -0.39 is 6.10 Å². The minimum absolute atomic E-state index is 0.0822. The fourth-order valence-electron chi connectivity index (χ4n) is 1.83. The topological polar surface area (TPSA) is 46.5 Å². The lowest BCUT2D eigenvalue weighted by Crippen LogP contribution is -2.18. The number of hydrogen-bond acceptors (Lipinski definition) is 3. The van der Waals surface area contributed by atoms with Crippen LogP contribution in [0.4, 0.5) is 0 Å². The molecule has 1 aromatic carbocycles. The van der Waals surface area contributed by atoms with Gasteiger partial charge in [-0.05, 0) is 25.5 Å².